The summed E-state index contributed by atoms with van der Waals surface area (Å²) in [5.41, 5.74) is 5.93. The van der Waals surface area contributed by atoms with E-state index in [1.807, 2.05) is 0 Å². The molecular weight excluding hydrogens is 172 g/mol. The average Bonchev–Trinajstić information content (AvgIpc) is 2.16. The van der Waals surface area contributed by atoms with E-state index >= 15 is 0 Å². The van der Waals surface area contributed by atoms with Gasteiger partial charge in [0, 0.05) is 18.1 Å². The Labute approximate surface area is 88.8 Å². The van der Waals surface area contributed by atoms with Crippen molar-refractivity contribution in [2.75, 3.05) is 7.05 Å². The van der Waals surface area contributed by atoms with E-state index < -0.39 is 0 Å². The first-order valence-electron chi connectivity index (χ1n) is 6.00. The molecule has 1 saturated carbocycles. The Morgan fingerprint density at radius 2 is 1.64 bits per heavy atom. The first-order chi connectivity index (χ1) is 6.52. The van der Waals surface area contributed by atoms with Crippen molar-refractivity contribution < 1.29 is 0 Å². The summed E-state index contributed by atoms with van der Waals surface area (Å²) in [6.07, 6.45) is 5.49. The molecule has 14 heavy (non-hydrogen) atoms. The normalized spacial score (nSPS) is 33.0. The fourth-order valence-electron chi connectivity index (χ4n) is 2.35. The Bertz CT molecular complexity index is 160. The van der Waals surface area contributed by atoms with Gasteiger partial charge in [-0.1, -0.05) is 6.92 Å². The third-order valence-electron chi connectivity index (χ3n) is 3.96. The fraction of sp³-hybridized carbons (Fsp3) is 1.00. The van der Waals surface area contributed by atoms with Crippen LogP contribution >= 0.6 is 0 Å². The first kappa shape index (κ1) is 12.0. The molecular formula is C12H26N2. The zero-order chi connectivity index (χ0) is 10.7. The zero-order valence-electron chi connectivity index (χ0n) is 10.2. The minimum Gasteiger partial charge on any atom is -0.327 e. The molecule has 0 radical (unpaired) electrons. The Balaban J connectivity index is 2.41. The molecule has 0 saturated heterocycles. The monoisotopic (exact) mass is 198 g/mol. The highest BCUT2D eigenvalue weighted by Gasteiger charge is 2.25. The molecule has 0 aliphatic heterocycles. The molecule has 0 aromatic rings. The number of nitrogens with two attached hydrogens (primary N) is 1. The fourth-order valence-corrected chi connectivity index (χ4v) is 2.35. The number of hydrogen-bond acceptors (Lipinski definition) is 2. The Kier molecular flexibility index (Phi) is 4.39. The maximum Gasteiger partial charge on any atom is 0.0216 e. The van der Waals surface area contributed by atoms with Gasteiger partial charge in [0.2, 0.25) is 0 Å². The van der Waals surface area contributed by atoms with Crippen LogP contribution in [0, 0.1) is 5.92 Å². The largest absolute Gasteiger partial charge is 0.327 e. The number of hydrogen-bond donors (Lipinski definition) is 1. The lowest BCUT2D eigenvalue weighted by molar-refractivity contribution is 0.120. The van der Waals surface area contributed by atoms with E-state index in [0.29, 0.717) is 6.04 Å². The maximum atomic E-state index is 5.93. The van der Waals surface area contributed by atoms with E-state index in [1.165, 1.54) is 25.7 Å². The van der Waals surface area contributed by atoms with Crippen LogP contribution in [0.4, 0.5) is 0 Å². The molecule has 2 nitrogen and oxygen atoms in total. The van der Waals surface area contributed by atoms with E-state index in [2.05, 4.69) is 32.7 Å². The summed E-state index contributed by atoms with van der Waals surface area (Å²) in [5.74, 6) is 0.935. The van der Waals surface area contributed by atoms with Gasteiger partial charge in [0.15, 0.2) is 0 Å². The van der Waals surface area contributed by atoms with Gasteiger partial charge in [-0.05, 0) is 52.5 Å². The number of likely N-dealkylation sites (N-methyl/N-ethyl adjacent to an activating group) is 1. The van der Waals surface area contributed by atoms with Crippen molar-refractivity contribution in [3.63, 3.8) is 0 Å². The van der Waals surface area contributed by atoms with Crippen molar-refractivity contribution in [1.82, 2.24) is 4.90 Å². The molecule has 0 spiro atoms. The van der Waals surface area contributed by atoms with Crippen molar-refractivity contribution in [2.45, 2.75) is 64.6 Å². The van der Waals surface area contributed by atoms with Gasteiger partial charge in [-0.25, -0.2) is 0 Å². The summed E-state index contributed by atoms with van der Waals surface area (Å²) in [4.78, 5) is 2.48. The van der Waals surface area contributed by atoms with Crippen LogP contribution in [0.1, 0.15) is 46.5 Å². The molecule has 2 atom stereocenters. The highest BCUT2D eigenvalue weighted by Crippen LogP contribution is 2.27. The Morgan fingerprint density at radius 3 is 2.07 bits per heavy atom. The van der Waals surface area contributed by atoms with Gasteiger partial charge in [0.25, 0.3) is 0 Å². The first-order valence-corrected chi connectivity index (χ1v) is 6.00. The molecule has 0 aromatic heterocycles. The average molecular weight is 198 g/mol. The van der Waals surface area contributed by atoms with Crippen LogP contribution in [0.5, 0.6) is 0 Å². The Hall–Kier alpha value is -0.0800. The van der Waals surface area contributed by atoms with Crippen molar-refractivity contribution >= 4 is 0 Å². The molecule has 2 unspecified atom stereocenters. The molecule has 1 aliphatic rings. The summed E-state index contributed by atoms with van der Waals surface area (Å²) in [6.45, 7) is 6.71. The van der Waals surface area contributed by atoms with Gasteiger partial charge in [-0.15, -0.1) is 0 Å². The van der Waals surface area contributed by atoms with Gasteiger partial charge < -0.3 is 5.73 Å². The number of nitrogens with zero attached hydrogens (tertiary/aromatic N) is 1. The third-order valence-corrected chi connectivity index (χ3v) is 3.96. The molecule has 0 heterocycles. The minimum atomic E-state index is 0.277. The Morgan fingerprint density at radius 1 is 1.14 bits per heavy atom. The van der Waals surface area contributed by atoms with E-state index in [9.17, 15) is 0 Å². The van der Waals surface area contributed by atoms with Gasteiger partial charge in [0.05, 0.1) is 0 Å². The quantitative estimate of drug-likeness (QED) is 0.753. The molecule has 0 amide bonds. The van der Waals surface area contributed by atoms with Gasteiger partial charge >= 0.3 is 0 Å². The summed E-state index contributed by atoms with van der Waals surface area (Å²) >= 11 is 0. The molecule has 1 fully saturated rings. The second-order valence-electron chi connectivity index (χ2n) is 5.18. The van der Waals surface area contributed by atoms with E-state index in [4.69, 9.17) is 5.73 Å². The molecule has 0 bridgehead atoms. The van der Waals surface area contributed by atoms with E-state index in [1.54, 1.807) is 0 Å². The van der Waals surface area contributed by atoms with Crippen LogP contribution in [0.3, 0.4) is 0 Å². The topological polar surface area (TPSA) is 29.3 Å². The predicted octanol–water partition coefficient (Wildman–Crippen LogP) is 2.23. The molecule has 0 aromatic carbocycles. The summed E-state index contributed by atoms with van der Waals surface area (Å²) < 4.78 is 0. The van der Waals surface area contributed by atoms with Crippen molar-refractivity contribution in [3.05, 3.63) is 0 Å². The van der Waals surface area contributed by atoms with Crippen LogP contribution in [0.15, 0.2) is 0 Å². The highest BCUT2D eigenvalue weighted by atomic mass is 15.2. The lowest BCUT2D eigenvalue weighted by Crippen LogP contribution is -2.48. The molecule has 2 heteroatoms. The summed E-state index contributed by atoms with van der Waals surface area (Å²) in [6, 6.07) is 1.56. The van der Waals surface area contributed by atoms with Crippen LogP contribution in [-0.2, 0) is 0 Å². The van der Waals surface area contributed by atoms with E-state index in [0.717, 1.165) is 12.0 Å². The summed E-state index contributed by atoms with van der Waals surface area (Å²) in [7, 11) is 2.23. The SMILES string of the molecule is CC1CCC(N(C)C(C)C(C)N)CC1. The van der Waals surface area contributed by atoms with Crippen molar-refractivity contribution in [2.24, 2.45) is 11.7 Å². The molecule has 1 rings (SSSR count). The maximum absolute atomic E-state index is 5.93. The lowest BCUT2D eigenvalue weighted by atomic mass is 9.86. The minimum absolute atomic E-state index is 0.277. The van der Waals surface area contributed by atoms with Crippen LogP contribution in [-0.4, -0.2) is 30.1 Å². The zero-order valence-corrected chi connectivity index (χ0v) is 10.2. The van der Waals surface area contributed by atoms with Crippen LogP contribution in [0.2, 0.25) is 0 Å². The van der Waals surface area contributed by atoms with Crippen molar-refractivity contribution in [1.29, 1.82) is 0 Å². The van der Waals surface area contributed by atoms with Crippen LogP contribution in [0.25, 0.3) is 0 Å². The predicted molar refractivity (Wildman–Crippen MR) is 62.3 cm³/mol. The van der Waals surface area contributed by atoms with Gasteiger partial charge in [0.1, 0.15) is 0 Å². The van der Waals surface area contributed by atoms with Crippen LogP contribution < -0.4 is 5.73 Å². The highest BCUT2D eigenvalue weighted by molar-refractivity contribution is 4.82. The molecule has 1 aliphatic carbocycles. The number of rotatable bonds is 3. The van der Waals surface area contributed by atoms with Gasteiger partial charge in [-0.3, -0.25) is 4.90 Å². The summed E-state index contributed by atoms with van der Waals surface area (Å²) in [5, 5.41) is 0. The second kappa shape index (κ2) is 5.13. The molecule has 2 N–H and O–H groups in total. The lowest BCUT2D eigenvalue weighted by Gasteiger charge is -2.38. The van der Waals surface area contributed by atoms with Crippen molar-refractivity contribution in [3.8, 4) is 0 Å². The second-order valence-corrected chi connectivity index (χ2v) is 5.18. The smallest absolute Gasteiger partial charge is 0.0216 e. The van der Waals surface area contributed by atoms with Gasteiger partial charge in [-0.2, -0.15) is 0 Å². The molecule has 84 valence electrons. The standard InChI is InChI=1S/C12H26N2/c1-9-5-7-12(8-6-9)14(4)11(3)10(2)13/h9-12H,5-8,13H2,1-4H3. The van der Waals surface area contributed by atoms with E-state index in [-0.39, 0.29) is 6.04 Å². The third kappa shape index (κ3) is 2.96.